The van der Waals surface area contributed by atoms with Crippen LogP contribution in [0.5, 0.6) is 0 Å². The summed E-state index contributed by atoms with van der Waals surface area (Å²) in [6.45, 7) is 0.650. The first-order valence-electron chi connectivity index (χ1n) is 5.43. The van der Waals surface area contributed by atoms with Crippen LogP contribution in [0.1, 0.15) is 18.4 Å². The molecule has 0 aromatic carbocycles. The minimum absolute atomic E-state index is 0.0275. The minimum atomic E-state index is -0.625. The lowest BCUT2D eigenvalue weighted by Gasteiger charge is -2.26. The summed E-state index contributed by atoms with van der Waals surface area (Å²) in [5.74, 6) is 0.131. The molecule has 0 saturated carbocycles. The number of nitrogens with zero attached hydrogens (tertiary/aromatic N) is 4. The number of piperidine rings is 1. The average molecular weight is 246 g/mol. The monoisotopic (exact) mass is 246 g/mol. The molecule has 1 saturated heterocycles. The van der Waals surface area contributed by atoms with Gasteiger partial charge in [-0.05, 0) is 12.5 Å². The Morgan fingerprint density at radius 1 is 1.56 bits per heavy atom. The van der Waals surface area contributed by atoms with Gasteiger partial charge >= 0.3 is 5.69 Å². The topological polar surface area (TPSA) is 100 Å². The van der Waals surface area contributed by atoms with Gasteiger partial charge in [0.1, 0.15) is 11.6 Å². The second-order valence-corrected chi connectivity index (χ2v) is 3.96. The Hall–Kier alpha value is -2.49. The molecule has 0 unspecified atom stereocenters. The highest BCUT2D eigenvalue weighted by atomic mass is 16.6. The van der Waals surface area contributed by atoms with E-state index in [-0.39, 0.29) is 29.4 Å². The first-order chi connectivity index (χ1) is 8.63. The Morgan fingerprint density at radius 3 is 2.94 bits per heavy atom. The first kappa shape index (κ1) is 12.0. The molecule has 0 bridgehead atoms. The van der Waals surface area contributed by atoms with E-state index in [1.165, 1.54) is 12.3 Å². The maximum Gasteiger partial charge on any atom is 0.329 e. The lowest BCUT2D eigenvalue weighted by molar-refractivity contribution is -0.384. The Morgan fingerprint density at radius 2 is 2.33 bits per heavy atom. The Kier molecular flexibility index (Phi) is 3.19. The third-order valence-electron chi connectivity index (χ3n) is 2.76. The zero-order chi connectivity index (χ0) is 13.1. The molecule has 1 aliphatic rings. The summed E-state index contributed by atoms with van der Waals surface area (Å²) in [5, 5.41) is 19.9. The van der Waals surface area contributed by atoms with Crippen LogP contribution < -0.4 is 4.90 Å². The van der Waals surface area contributed by atoms with Crippen LogP contribution in [0.15, 0.2) is 12.3 Å². The smallest absolute Gasteiger partial charge is 0.329 e. The van der Waals surface area contributed by atoms with Crippen molar-refractivity contribution in [2.75, 3.05) is 18.0 Å². The first-order valence-corrected chi connectivity index (χ1v) is 5.43. The molecular formula is C11H10N4O3. The highest BCUT2D eigenvalue weighted by Gasteiger charge is 2.28. The molecule has 7 heteroatoms. The number of aromatic nitrogens is 1. The molecule has 1 aliphatic heterocycles. The van der Waals surface area contributed by atoms with Gasteiger partial charge in [-0.2, -0.15) is 5.26 Å². The molecule has 1 aromatic rings. The quantitative estimate of drug-likeness (QED) is 0.570. The summed E-state index contributed by atoms with van der Waals surface area (Å²) in [6, 6.07) is 3.07. The largest absolute Gasteiger partial charge is 0.344 e. The lowest BCUT2D eigenvalue weighted by Crippen LogP contribution is -2.36. The number of hydrogen-bond acceptors (Lipinski definition) is 6. The van der Waals surface area contributed by atoms with Gasteiger partial charge in [0.15, 0.2) is 5.78 Å². The predicted octanol–water partition coefficient (Wildman–Crippen LogP) is 1.03. The van der Waals surface area contributed by atoms with Crippen LogP contribution in [0.2, 0.25) is 0 Å². The van der Waals surface area contributed by atoms with Gasteiger partial charge in [0.25, 0.3) is 0 Å². The number of nitro groups is 1. The number of carbonyl (C=O) groups is 1. The summed E-state index contributed by atoms with van der Waals surface area (Å²) in [6.07, 6.45) is 2.48. The van der Waals surface area contributed by atoms with Crippen LogP contribution in [0.3, 0.4) is 0 Å². The summed E-state index contributed by atoms with van der Waals surface area (Å²) < 4.78 is 0. The lowest BCUT2D eigenvalue weighted by atomic mass is 10.1. The van der Waals surface area contributed by atoms with Crippen molar-refractivity contribution in [3.63, 3.8) is 0 Å². The van der Waals surface area contributed by atoms with E-state index in [2.05, 4.69) is 4.98 Å². The maximum atomic E-state index is 11.4. The van der Waals surface area contributed by atoms with E-state index in [1.807, 2.05) is 0 Å². The number of pyridine rings is 1. The van der Waals surface area contributed by atoms with Crippen LogP contribution in [-0.2, 0) is 4.79 Å². The van der Waals surface area contributed by atoms with Gasteiger partial charge in [-0.15, -0.1) is 0 Å². The fourth-order valence-electron chi connectivity index (χ4n) is 1.96. The molecule has 0 N–H and O–H groups in total. The number of nitriles is 1. The standard InChI is InChI=1S/C11H10N4O3/c12-6-8-3-4-13-11(10(8)15(17)18)14-5-1-2-9(16)7-14/h3-4H,1-2,5,7H2. The Balaban J connectivity index is 2.47. The molecular weight excluding hydrogens is 236 g/mol. The zero-order valence-corrected chi connectivity index (χ0v) is 9.50. The van der Waals surface area contributed by atoms with Crippen molar-refractivity contribution < 1.29 is 9.72 Å². The average Bonchev–Trinajstić information content (AvgIpc) is 2.37. The summed E-state index contributed by atoms with van der Waals surface area (Å²) >= 11 is 0. The molecule has 0 radical (unpaired) electrons. The number of Topliss-reactive ketones (excluding diaryl/α,β-unsaturated/α-hetero) is 1. The molecule has 0 aliphatic carbocycles. The minimum Gasteiger partial charge on any atom is -0.344 e. The van der Waals surface area contributed by atoms with Crippen molar-refractivity contribution in [1.29, 1.82) is 5.26 Å². The second-order valence-electron chi connectivity index (χ2n) is 3.96. The van der Waals surface area contributed by atoms with E-state index in [0.717, 1.165) is 0 Å². The van der Waals surface area contributed by atoms with Crippen LogP contribution in [0.25, 0.3) is 0 Å². The van der Waals surface area contributed by atoms with Crippen molar-refractivity contribution in [2.45, 2.75) is 12.8 Å². The van der Waals surface area contributed by atoms with Gasteiger partial charge in [0, 0.05) is 19.2 Å². The number of anilines is 1. The number of hydrogen-bond donors (Lipinski definition) is 0. The summed E-state index contributed by atoms with van der Waals surface area (Å²) in [5.41, 5.74) is -0.363. The van der Waals surface area contributed by atoms with Gasteiger partial charge in [0.05, 0.1) is 11.5 Å². The van der Waals surface area contributed by atoms with Crippen molar-refractivity contribution in [2.24, 2.45) is 0 Å². The van der Waals surface area contributed by atoms with Gasteiger partial charge in [0.2, 0.25) is 5.82 Å². The van der Waals surface area contributed by atoms with Crippen molar-refractivity contribution in [3.8, 4) is 6.07 Å². The number of carbonyl (C=O) groups excluding carboxylic acids is 1. The van der Waals surface area contributed by atoms with Crippen molar-refractivity contribution >= 4 is 17.3 Å². The van der Waals surface area contributed by atoms with Gasteiger partial charge in [-0.25, -0.2) is 4.98 Å². The summed E-state index contributed by atoms with van der Waals surface area (Å²) in [7, 11) is 0. The van der Waals surface area contributed by atoms with Crippen molar-refractivity contribution in [3.05, 3.63) is 27.9 Å². The zero-order valence-electron chi connectivity index (χ0n) is 9.50. The van der Waals surface area contributed by atoms with E-state index in [9.17, 15) is 14.9 Å². The van der Waals surface area contributed by atoms with E-state index in [4.69, 9.17) is 5.26 Å². The summed E-state index contributed by atoms with van der Waals surface area (Å²) in [4.78, 5) is 27.3. The number of rotatable bonds is 2. The molecule has 2 heterocycles. The second kappa shape index (κ2) is 4.79. The normalized spacial score (nSPS) is 15.3. The predicted molar refractivity (Wildman–Crippen MR) is 62.1 cm³/mol. The molecule has 0 spiro atoms. The number of ketones is 1. The maximum absolute atomic E-state index is 11.4. The highest BCUT2D eigenvalue weighted by molar-refractivity contribution is 5.85. The molecule has 7 nitrogen and oxygen atoms in total. The molecule has 1 fully saturated rings. The fourth-order valence-corrected chi connectivity index (χ4v) is 1.96. The molecule has 0 amide bonds. The van der Waals surface area contributed by atoms with Gasteiger partial charge in [-0.3, -0.25) is 14.9 Å². The van der Waals surface area contributed by atoms with E-state index in [0.29, 0.717) is 19.4 Å². The highest BCUT2D eigenvalue weighted by Crippen LogP contribution is 2.30. The molecule has 18 heavy (non-hydrogen) atoms. The van der Waals surface area contributed by atoms with Gasteiger partial charge in [-0.1, -0.05) is 0 Å². The molecule has 92 valence electrons. The van der Waals surface area contributed by atoms with Crippen molar-refractivity contribution in [1.82, 2.24) is 4.98 Å². The van der Waals surface area contributed by atoms with Crippen LogP contribution in [0, 0.1) is 21.4 Å². The van der Waals surface area contributed by atoms with Crippen LogP contribution >= 0.6 is 0 Å². The van der Waals surface area contributed by atoms with E-state index in [1.54, 1.807) is 11.0 Å². The van der Waals surface area contributed by atoms with E-state index < -0.39 is 4.92 Å². The third kappa shape index (κ3) is 2.13. The Bertz CT molecular complexity index is 550. The fraction of sp³-hybridized carbons (Fsp3) is 0.364. The van der Waals surface area contributed by atoms with Crippen LogP contribution in [-0.4, -0.2) is 28.8 Å². The van der Waals surface area contributed by atoms with Gasteiger partial charge < -0.3 is 4.90 Å². The van der Waals surface area contributed by atoms with Crippen LogP contribution in [0.4, 0.5) is 11.5 Å². The third-order valence-corrected chi connectivity index (χ3v) is 2.76. The SMILES string of the molecule is N#Cc1ccnc(N2CCCC(=O)C2)c1[N+](=O)[O-]. The van der Waals surface area contributed by atoms with E-state index >= 15 is 0 Å². The Labute approximate surface area is 103 Å². The molecule has 0 atom stereocenters. The molecule has 1 aromatic heterocycles. The molecule has 2 rings (SSSR count).